The lowest BCUT2D eigenvalue weighted by Gasteiger charge is -2.06. The highest BCUT2D eigenvalue weighted by atomic mass is 16.7. The van der Waals surface area contributed by atoms with Crippen LogP contribution in [0.25, 0.3) is 22.6 Å². The first-order chi connectivity index (χ1) is 13.2. The van der Waals surface area contributed by atoms with Gasteiger partial charge in [0.05, 0.1) is 19.3 Å². The van der Waals surface area contributed by atoms with E-state index >= 15 is 0 Å². The molecule has 136 valence electrons. The molecule has 4 aromatic rings. The number of imidazole rings is 1. The Morgan fingerprint density at radius 2 is 2.04 bits per heavy atom. The number of aromatic nitrogens is 4. The zero-order valence-corrected chi connectivity index (χ0v) is 15.0. The molecule has 0 spiro atoms. The lowest BCUT2D eigenvalue weighted by atomic mass is 10.1. The second-order valence-corrected chi connectivity index (χ2v) is 6.42. The third-order valence-corrected chi connectivity index (χ3v) is 4.67. The lowest BCUT2D eigenvalue weighted by molar-refractivity contribution is 0.171. The van der Waals surface area contributed by atoms with Crippen LogP contribution in [0.3, 0.4) is 0 Å². The fraction of sp³-hybridized carbons (Fsp3) is 0.200. The predicted octanol–water partition coefficient (Wildman–Crippen LogP) is 3.52. The summed E-state index contributed by atoms with van der Waals surface area (Å²) in [6.07, 6.45) is 0. The van der Waals surface area contributed by atoms with Crippen LogP contribution in [0.2, 0.25) is 0 Å². The van der Waals surface area contributed by atoms with Crippen molar-refractivity contribution in [3.8, 4) is 28.6 Å². The minimum Gasteiger partial charge on any atom is -0.493 e. The molecule has 0 amide bonds. The van der Waals surface area contributed by atoms with E-state index in [0.29, 0.717) is 23.8 Å². The number of nitrogens with zero attached hydrogens (tertiary/aromatic N) is 3. The third-order valence-electron chi connectivity index (χ3n) is 4.67. The zero-order chi connectivity index (χ0) is 18.4. The molecule has 0 aliphatic carbocycles. The van der Waals surface area contributed by atoms with Gasteiger partial charge in [-0.15, -0.1) is 0 Å². The van der Waals surface area contributed by atoms with Gasteiger partial charge in [0.25, 0.3) is 0 Å². The molecule has 0 radical (unpaired) electrons. The number of aryl methyl sites for hydroxylation is 1. The molecular formula is C20H18N4O3. The third kappa shape index (κ3) is 2.59. The van der Waals surface area contributed by atoms with Crippen molar-refractivity contribution in [3.05, 3.63) is 53.7 Å². The molecule has 0 bridgehead atoms. The first-order valence-corrected chi connectivity index (χ1v) is 8.68. The number of aromatic amines is 1. The topological polar surface area (TPSA) is 74.2 Å². The number of ether oxygens (including phenoxy) is 3. The maximum absolute atomic E-state index is 5.52. The fourth-order valence-electron chi connectivity index (χ4n) is 3.35. The highest BCUT2D eigenvalue weighted by molar-refractivity contribution is 5.80. The Morgan fingerprint density at radius 1 is 1.19 bits per heavy atom. The molecule has 0 saturated carbocycles. The van der Waals surface area contributed by atoms with E-state index in [0.717, 1.165) is 28.2 Å². The molecule has 7 nitrogen and oxygen atoms in total. The van der Waals surface area contributed by atoms with Crippen molar-refractivity contribution in [3.63, 3.8) is 0 Å². The maximum atomic E-state index is 5.52. The van der Waals surface area contributed by atoms with Gasteiger partial charge in [0.2, 0.25) is 12.5 Å². The number of hydrogen-bond acceptors (Lipinski definition) is 5. The van der Waals surface area contributed by atoms with Crippen molar-refractivity contribution >= 4 is 11.2 Å². The van der Waals surface area contributed by atoms with Gasteiger partial charge in [0.1, 0.15) is 11.3 Å². The first-order valence-electron chi connectivity index (χ1n) is 8.68. The average Bonchev–Trinajstić information content (AvgIpc) is 3.39. The van der Waals surface area contributed by atoms with Gasteiger partial charge in [0.15, 0.2) is 17.1 Å². The summed E-state index contributed by atoms with van der Waals surface area (Å²) in [7, 11) is 1.61. The quantitative estimate of drug-likeness (QED) is 0.601. The Labute approximate surface area is 155 Å². The molecule has 1 aliphatic rings. The van der Waals surface area contributed by atoms with Gasteiger partial charge in [-0.3, -0.25) is 0 Å². The second-order valence-electron chi connectivity index (χ2n) is 6.42. The Hall–Kier alpha value is -3.48. The standard InChI is InChI=1S/C20H18N4O3/c1-12-17-20(24(23-12)10-13-6-4-3-5-7-13)22-19(21-17)14-8-15(25-2)18-16(9-14)26-11-27-18/h3-9H,10-11H2,1-2H3,(H,21,22). The number of hydrogen-bond donors (Lipinski definition) is 1. The molecule has 0 unspecified atom stereocenters. The number of rotatable bonds is 4. The van der Waals surface area contributed by atoms with E-state index in [2.05, 4.69) is 22.2 Å². The molecule has 1 aliphatic heterocycles. The van der Waals surface area contributed by atoms with E-state index in [-0.39, 0.29) is 6.79 Å². The Balaban J connectivity index is 1.59. The van der Waals surface area contributed by atoms with Crippen LogP contribution in [0.15, 0.2) is 42.5 Å². The van der Waals surface area contributed by atoms with Gasteiger partial charge in [-0.1, -0.05) is 30.3 Å². The van der Waals surface area contributed by atoms with Crippen molar-refractivity contribution in [2.75, 3.05) is 13.9 Å². The van der Waals surface area contributed by atoms with E-state index in [1.54, 1.807) is 7.11 Å². The molecule has 2 aromatic carbocycles. The van der Waals surface area contributed by atoms with Gasteiger partial charge >= 0.3 is 0 Å². The van der Waals surface area contributed by atoms with Gasteiger partial charge in [0, 0.05) is 5.56 Å². The van der Waals surface area contributed by atoms with Crippen LogP contribution >= 0.6 is 0 Å². The maximum Gasteiger partial charge on any atom is 0.231 e. The molecule has 5 rings (SSSR count). The predicted molar refractivity (Wildman–Crippen MR) is 100 cm³/mol. The summed E-state index contributed by atoms with van der Waals surface area (Å²) in [5.74, 6) is 2.66. The van der Waals surface area contributed by atoms with Crippen LogP contribution in [-0.4, -0.2) is 33.7 Å². The molecule has 7 heteroatoms. The number of fused-ring (bicyclic) bond motifs is 2. The Morgan fingerprint density at radius 3 is 2.85 bits per heavy atom. The summed E-state index contributed by atoms with van der Waals surface area (Å²) < 4.78 is 18.3. The van der Waals surface area contributed by atoms with E-state index in [9.17, 15) is 0 Å². The summed E-state index contributed by atoms with van der Waals surface area (Å²) in [4.78, 5) is 8.18. The number of methoxy groups -OCH3 is 1. The van der Waals surface area contributed by atoms with Crippen LogP contribution in [0, 0.1) is 6.92 Å². The number of nitrogens with one attached hydrogen (secondary N) is 1. The molecule has 0 atom stereocenters. The monoisotopic (exact) mass is 362 g/mol. The molecule has 2 aromatic heterocycles. The fourth-order valence-corrected chi connectivity index (χ4v) is 3.35. The van der Waals surface area contributed by atoms with Crippen molar-refractivity contribution in [2.24, 2.45) is 0 Å². The number of benzene rings is 2. The van der Waals surface area contributed by atoms with Crippen LogP contribution in [0.5, 0.6) is 17.2 Å². The highest BCUT2D eigenvalue weighted by Gasteiger charge is 2.22. The average molecular weight is 362 g/mol. The normalized spacial score (nSPS) is 12.7. The molecule has 3 heterocycles. The first kappa shape index (κ1) is 15.7. The minimum atomic E-state index is 0.195. The Bertz CT molecular complexity index is 1130. The summed E-state index contributed by atoms with van der Waals surface area (Å²) in [5.41, 5.74) is 4.71. The minimum absolute atomic E-state index is 0.195. The summed E-state index contributed by atoms with van der Waals surface area (Å²) in [6.45, 7) is 2.84. The van der Waals surface area contributed by atoms with E-state index in [4.69, 9.17) is 19.2 Å². The smallest absolute Gasteiger partial charge is 0.231 e. The van der Waals surface area contributed by atoms with E-state index < -0.39 is 0 Å². The Kier molecular flexibility index (Phi) is 3.53. The highest BCUT2D eigenvalue weighted by Crippen LogP contribution is 2.44. The molecular weight excluding hydrogens is 344 g/mol. The molecule has 1 N–H and O–H groups in total. The molecule has 0 saturated heterocycles. The van der Waals surface area contributed by atoms with Gasteiger partial charge in [-0.2, -0.15) is 5.10 Å². The van der Waals surface area contributed by atoms with Crippen molar-refractivity contribution in [1.29, 1.82) is 0 Å². The van der Waals surface area contributed by atoms with Crippen LogP contribution in [-0.2, 0) is 6.54 Å². The molecule has 27 heavy (non-hydrogen) atoms. The van der Waals surface area contributed by atoms with Crippen molar-refractivity contribution < 1.29 is 14.2 Å². The summed E-state index contributed by atoms with van der Waals surface area (Å²) in [6, 6.07) is 14.0. The van der Waals surface area contributed by atoms with Crippen LogP contribution < -0.4 is 14.2 Å². The van der Waals surface area contributed by atoms with Gasteiger partial charge in [-0.25, -0.2) is 9.67 Å². The number of H-pyrrole nitrogens is 1. The second kappa shape index (κ2) is 6.05. The van der Waals surface area contributed by atoms with E-state index in [1.165, 1.54) is 5.56 Å². The summed E-state index contributed by atoms with van der Waals surface area (Å²) in [5, 5.41) is 4.62. The van der Waals surface area contributed by atoms with Crippen LogP contribution in [0.1, 0.15) is 11.3 Å². The zero-order valence-electron chi connectivity index (χ0n) is 15.0. The SMILES string of the molecule is COc1cc(-c2nc3c([nH]2)c(C)nn3Cc2ccccc2)cc2c1OCO2. The van der Waals surface area contributed by atoms with Gasteiger partial charge in [-0.05, 0) is 24.6 Å². The molecule has 0 fully saturated rings. The van der Waals surface area contributed by atoms with Crippen LogP contribution in [0.4, 0.5) is 0 Å². The van der Waals surface area contributed by atoms with Crippen molar-refractivity contribution in [1.82, 2.24) is 19.7 Å². The van der Waals surface area contributed by atoms with Gasteiger partial charge < -0.3 is 19.2 Å². The van der Waals surface area contributed by atoms with E-state index in [1.807, 2.05) is 41.9 Å². The van der Waals surface area contributed by atoms with Crippen molar-refractivity contribution in [2.45, 2.75) is 13.5 Å². The summed E-state index contributed by atoms with van der Waals surface area (Å²) >= 11 is 0. The largest absolute Gasteiger partial charge is 0.493 e. The lowest BCUT2D eigenvalue weighted by Crippen LogP contribution is -2.02.